The minimum atomic E-state index is -0.0527. The molecular weight excluding hydrogens is 362 g/mol. The van der Waals surface area contributed by atoms with Crippen LogP contribution in [-0.4, -0.2) is 5.54 Å². The average Bonchev–Trinajstić information content (AvgIpc) is 3.04. The molecule has 0 heterocycles. The second kappa shape index (κ2) is 8.57. The predicted octanol–water partition coefficient (Wildman–Crippen LogP) is 8.38. The molecule has 0 bridgehead atoms. The first kappa shape index (κ1) is 24.3. The predicted molar refractivity (Wildman–Crippen MR) is 132 cm³/mol. The molecule has 1 nitrogen and oxygen atoms in total. The van der Waals surface area contributed by atoms with E-state index in [0.29, 0.717) is 22.7 Å². The van der Waals surface area contributed by atoms with Crippen LogP contribution in [0.15, 0.2) is 11.1 Å². The van der Waals surface area contributed by atoms with E-state index < -0.39 is 0 Å². The molecule has 3 rings (SSSR count). The molecular formula is C29H53N. The highest BCUT2D eigenvalue weighted by atomic mass is 14.8. The summed E-state index contributed by atoms with van der Waals surface area (Å²) in [5.74, 6) is 4.54. The maximum Gasteiger partial charge on any atom is 0.0410 e. The number of allylic oxidation sites excluding steroid dienone is 1. The second-order valence-corrected chi connectivity index (χ2v) is 13.0. The summed E-state index contributed by atoms with van der Waals surface area (Å²) in [4.78, 5) is 0. The molecule has 2 saturated carbocycles. The van der Waals surface area contributed by atoms with E-state index in [1.807, 2.05) is 0 Å². The summed E-state index contributed by atoms with van der Waals surface area (Å²) < 4.78 is 0. The summed E-state index contributed by atoms with van der Waals surface area (Å²) >= 11 is 0. The molecule has 0 saturated heterocycles. The lowest BCUT2D eigenvalue weighted by Gasteiger charge is -2.63. The Kier molecular flexibility index (Phi) is 6.95. The van der Waals surface area contributed by atoms with Gasteiger partial charge in [-0.25, -0.2) is 0 Å². The summed E-state index contributed by atoms with van der Waals surface area (Å²) in [6, 6.07) is 0. The van der Waals surface area contributed by atoms with Crippen molar-refractivity contribution < 1.29 is 0 Å². The number of fused-ring (bicyclic) bond motifs is 3. The minimum Gasteiger partial charge on any atom is -0.321 e. The van der Waals surface area contributed by atoms with Gasteiger partial charge in [0.05, 0.1) is 0 Å². The van der Waals surface area contributed by atoms with Crippen molar-refractivity contribution in [2.45, 2.75) is 126 Å². The molecule has 0 aromatic carbocycles. The third kappa shape index (κ3) is 3.84. The minimum absolute atomic E-state index is 0.0527. The zero-order chi connectivity index (χ0) is 22.5. The SMILES string of the molecule is CCC(C)C1CCC2(N)C3=C(C(C)C)CCC3(C)CCC2C1(C)CCC(C)C(C)C. The highest BCUT2D eigenvalue weighted by Gasteiger charge is 2.61. The Morgan fingerprint density at radius 1 is 0.967 bits per heavy atom. The summed E-state index contributed by atoms with van der Waals surface area (Å²) in [5, 5.41) is 0. The average molecular weight is 416 g/mol. The Balaban J connectivity index is 2.04. The van der Waals surface area contributed by atoms with Crippen molar-refractivity contribution in [1.82, 2.24) is 0 Å². The Morgan fingerprint density at radius 2 is 1.63 bits per heavy atom. The molecule has 1 heteroatoms. The summed E-state index contributed by atoms with van der Waals surface area (Å²) in [6.45, 7) is 22.3. The standard InChI is InChI=1S/C29H53N/c1-10-21(6)24-13-18-29(30)25(28(24,9)17-11-22(7)19(2)3)14-16-27(8)15-12-23(20(4)5)26(27)29/h19-22,24-25H,10-18,30H2,1-9H3. The molecule has 3 aliphatic rings. The van der Waals surface area contributed by atoms with Crippen LogP contribution in [0.25, 0.3) is 0 Å². The van der Waals surface area contributed by atoms with Crippen molar-refractivity contribution in [2.24, 2.45) is 52.1 Å². The molecule has 0 aromatic rings. The number of rotatable bonds is 7. The maximum atomic E-state index is 7.65. The normalized spacial score (nSPS) is 41.2. The lowest BCUT2D eigenvalue weighted by molar-refractivity contribution is -0.0686. The molecule has 3 aliphatic carbocycles. The van der Waals surface area contributed by atoms with E-state index in [9.17, 15) is 0 Å². The fraction of sp³-hybridized carbons (Fsp3) is 0.931. The van der Waals surface area contributed by atoms with Crippen molar-refractivity contribution in [3.8, 4) is 0 Å². The van der Waals surface area contributed by atoms with Crippen molar-refractivity contribution in [3.63, 3.8) is 0 Å². The number of hydrogen-bond acceptors (Lipinski definition) is 1. The van der Waals surface area contributed by atoms with Gasteiger partial charge in [0.2, 0.25) is 0 Å². The molecule has 7 unspecified atom stereocenters. The van der Waals surface area contributed by atoms with Gasteiger partial charge in [0, 0.05) is 5.54 Å². The third-order valence-corrected chi connectivity index (χ3v) is 10.8. The fourth-order valence-electron chi connectivity index (χ4n) is 8.28. The highest BCUT2D eigenvalue weighted by Crippen LogP contribution is 2.66. The molecule has 7 atom stereocenters. The van der Waals surface area contributed by atoms with Gasteiger partial charge in [-0.15, -0.1) is 0 Å². The smallest absolute Gasteiger partial charge is 0.0410 e. The first-order valence-electron chi connectivity index (χ1n) is 13.4. The lowest BCUT2D eigenvalue weighted by atomic mass is 9.43. The third-order valence-electron chi connectivity index (χ3n) is 10.8. The topological polar surface area (TPSA) is 26.0 Å². The van der Waals surface area contributed by atoms with Crippen LogP contribution < -0.4 is 5.73 Å². The van der Waals surface area contributed by atoms with E-state index >= 15 is 0 Å². The van der Waals surface area contributed by atoms with E-state index in [1.165, 1.54) is 57.8 Å². The number of nitrogens with two attached hydrogens (primary N) is 1. The first-order chi connectivity index (χ1) is 13.9. The lowest BCUT2D eigenvalue weighted by Crippen LogP contribution is -2.64. The van der Waals surface area contributed by atoms with Gasteiger partial charge in [0.25, 0.3) is 0 Å². The Labute approximate surface area is 189 Å². The zero-order valence-electron chi connectivity index (χ0n) is 21.9. The fourth-order valence-corrected chi connectivity index (χ4v) is 8.28. The summed E-state index contributed by atoms with van der Waals surface area (Å²) in [6.07, 6.45) is 12.0. The van der Waals surface area contributed by atoms with Crippen molar-refractivity contribution in [1.29, 1.82) is 0 Å². The molecule has 0 radical (unpaired) electrons. The van der Waals surface area contributed by atoms with Crippen LogP contribution in [0, 0.1) is 46.3 Å². The van der Waals surface area contributed by atoms with Crippen molar-refractivity contribution in [3.05, 3.63) is 11.1 Å². The summed E-state index contributed by atoms with van der Waals surface area (Å²) in [5.41, 5.74) is 11.8. The van der Waals surface area contributed by atoms with Crippen molar-refractivity contribution >= 4 is 0 Å². The van der Waals surface area contributed by atoms with Crippen molar-refractivity contribution in [2.75, 3.05) is 0 Å². The van der Waals surface area contributed by atoms with Crippen LogP contribution >= 0.6 is 0 Å². The van der Waals surface area contributed by atoms with E-state index in [2.05, 4.69) is 62.3 Å². The maximum absolute atomic E-state index is 7.65. The monoisotopic (exact) mass is 415 g/mol. The molecule has 174 valence electrons. The first-order valence-corrected chi connectivity index (χ1v) is 13.4. The Bertz CT molecular complexity index is 645. The van der Waals surface area contributed by atoms with Gasteiger partial charge in [-0.3, -0.25) is 0 Å². The Morgan fingerprint density at radius 3 is 2.20 bits per heavy atom. The van der Waals surface area contributed by atoms with Gasteiger partial charge in [-0.2, -0.15) is 0 Å². The van der Waals surface area contributed by atoms with Crippen LogP contribution in [0.4, 0.5) is 0 Å². The molecule has 2 N–H and O–H groups in total. The van der Waals surface area contributed by atoms with Crippen LogP contribution in [0.2, 0.25) is 0 Å². The quantitative estimate of drug-likeness (QED) is 0.415. The van der Waals surface area contributed by atoms with Gasteiger partial charge in [-0.1, -0.05) is 74.3 Å². The van der Waals surface area contributed by atoms with E-state index in [0.717, 1.165) is 23.7 Å². The molecule has 0 aromatic heterocycles. The second-order valence-electron chi connectivity index (χ2n) is 13.0. The van der Waals surface area contributed by atoms with E-state index in [1.54, 1.807) is 11.1 Å². The molecule has 30 heavy (non-hydrogen) atoms. The van der Waals surface area contributed by atoms with Gasteiger partial charge >= 0.3 is 0 Å². The molecule has 2 fully saturated rings. The van der Waals surface area contributed by atoms with Gasteiger partial charge in [0.1, 0.15) is 0 Å². The van der Waals surface area contributed by atoms with Crippen LogP contribution in [-0.2, 0) is 0 Å². The zero-order valence-corrected chi connectivity index (χ0v) is 21.9. The Hall–Kier alpha value is -0.300. The van der Waals surface area contributed by atoms with E-state index in [4.69, 9.17) is 5.73 Å². The van der Waals surface area contributed by atoms with Gasteiger partial charge < -0.3 is 5.73 Å². The van der Waals surface area contributed by atoms with Crippen LogP contribution in [0.5, 0.6) is 0 Å². The van der Waals surface area contributed by atoms with Crippen LogP contribution in [0.3, 0.4) is 0 Å². The largest absolute Gasteiger partial charge is 0.321 e. The molecule has 0 aliphatic heterocycles. The van der Waals surface area contributed by atoms with Gasteiger partial charge in [0.15, 0.2) is 0 Å². The molecule has 0 amide bonds. The summed E-state index contributed by atoms with van der Waals surface area (Å²) in [7, 11) is 0. The number of hydrogen-bond donors (Lipinski definition) is 1. The van der Waals surface area contributed by atoms with Gasteiger partial charge in [-0.05, 0) is 103 Å². The molecule has 0 spiro atoms. The van der Waals surface area contributed by atoms with Crippen LogP contribution in [0.1, 0.15) is 120 Å². The highest BCUT2D eigenvalue weighted by molar-refractivity contribution is 5.41. The van der Waals surface area contributed by atoms with E-state index in [-0.39, 0.29) is 5.54 Å².